The van der Waals surface area contributed by atoms with E-state index in [1.807, 2.05) is 48.5 Å². The van der Waals surface area contributed by atoms with E-state index in [-0.39, 0.29) is 31.9 Å². The summed E-state index contributed by atoms with van der Waals surface area (Å²) in [4.78, 5) is 33.5. The van der Waals surface area contributed by atoms with E-state index in [1.54, 1.807) is 0 Å². The Kier molecular flexibility index (Phi) is 5.49. The molecule has 3 rings (SSSR count). The Morgan fingerprint density at radius 1 is 1.07 bits per heavy atom. The van der Waals surface area contributed by atoms with E-state index in [2.05, 4.69) is 0 Å². The van der Waals surface area contributed by atoms with Gasteiger partial charge in [0.15, 0.2) is 5.92 Å². The first kappa shape index (κ1) is 18.6. The van der Waals surface area contributed by atoms with Crippen molar-refractivity contribution in [3.63, 3.8) is 0 Å². The number of hydrogen-bond acceptors (Lipinski definition) is 5. The van der Waals surface area contributed by atoms with E-state index in [9.17, 15) is 24.8 Å². The number of ether oxygens (including phenoxy) is 1. The van der Waals surface area contributed by atoms with Crippen molar-refractivity contribution in [3.05, 3.63) is 69.8 Å². The number of benzene rings is 2. The van der Waals surface area contributed by atoms with Crippen molar-refractivity contribution >= 4 is 11.9 Å². The van der Waals surface area contributed by atoms with E-state index in [4.69, 9.17) is 4.74 Å². The molecule has 0 fully saturated rings. The van der Waals surface area contributed by atoms with Crippen LogP contribution < -0.4 is 0 Å². The monoisotopic (exact) mass is 369 g/mol. The molecule has 0 saturated heterocycles. The van der Waals surface area contributed by atoms with Gasteiger partial charge in [0.1, 0.15) is 6.61 Å². The molecule has 1 atom stereocenters. The van der Waals surface area contributed by atoms with Gasteiger partial charge in [-0.25, -0.2) is 0 Å². The molecule has 2 aromatic carbocycles. The smallest absolute Gasteiger partial charge is 0.320 e. The molecule has 1 N–H and O–H groups in total. The number of aliphatic carboxylic acids is 1. The first-order valence-electron chi connectivity index (χ1n) is 8.68. The Hall–Kier alpha value is -3.22. The van der Waals surface area contributed by atoms with Gasteiger partial charge in [-0.1, -0.05) is 48.5 Å². The number of rotatable bonds is 8. The molecule has 0 amide bonds. The summed E-state index contributed by atoms with van der Waals surface area (Å²) in [6.07, 6.45) is -0.110. The molecule has 0 radical (unpaired) electrons. The lowest BCUT2D eigenvalue weighted by atomic mass is 9.98. The maximum absolute atomic E-state index is 12.3. The van der Waals surface area contributed by atoms with Crippen LogP contribution in [0.4, 0.5) is 0 Å². The van der Waals surface area contributed by atoms with Crippen LogP contribution in [0.1, 0.15) is 29.9 Å². The lowest BCUT2D eigenvalue weighted by Crippen LogP contribution is -2.28. The molecular formula is C20H19NO6. The summed E-state index contributed by atoms with van der Waals surface area (Å²) in [6, 6.07) is 15.7. The highest BCUT2D eigenvalue weighted by molar-refractivity contribution is 5.94. The van der Waals surface area contributed by atoms with Gasteiger partial charge in [-0.2, -0.15) is 0 Å². The third-order valence-electron chi connectivity index (χ3n) is 4.77. The molecule has 1 aliphatic carbocycles. The number of carbonyl (C=O) groups excluding carboxylic acids is 1. The minimum Gasteiger partial charge on any atom is -0.481 e. The standard InChI is InChI=1S/C20H19NO6/c22-19(23)17(10-5-11-21(25)26)20(24)27-12-18-15-8-3-1-6-13(15)14-7-2-4-9-16(14)18/h1-4,6-9,17-18H,5,10-12H2,(H,22,23)/t17-/m0/s1. The number of nitro groups is 1. The van der Waals surface area contributed by atoms with E-state index < -0.39 is 22.8 Å². The summed E-state index contributed by atoms with van der Waals surface area (Å²) in [5.41, 5.74) is 4.23. The van der Waals surface area contributed by atoms with E-state index >= 15 is 0 Å². The third kappa shape index (κ3) is 3.97. The number of nitrogens with zero attached hydrogens (tertiary/aromatic N) is 1. The number of carboxylic acid groups (broad SMARTS) is 1. The molecule has 0 aromatic heterocycles. The Labute approximate surface area is 155 Å². The van der Waals surface area contributed by atoms with E-state index in [0.29, 0.717) is 0 Å². The molecule has 0 aliphatic heterocycles. The van der Waals surface area contributed by atoms with Gasteiger partial charge in [-0.05, 0) is 28.7 Å². The average Bonchev–Trinajstić information content (AvgIpc) is 2.97. The fourth-order valence-electron chi connectivity index (χ4n) is 3.47. The van der Waals surface area contributed by atoms with Gasteiger partial charge in [-0.3, -0.25) is 19.7 Å². The SMILES string of the molecule is O=C(O)[C@H](CCC[N+](=O)[O-])C(=O)OCC1c2ccccc2-c2ccccc21. The predicted molar refractivity (Wildman–Crippen MR) is 96.9 cm³/mol. The van der Waals surface area contributed by atoms with Crippen molar-refractivity contribution in [1.29, 1.82) is 0 Å². The zero-order chi connectivity index (χ0) is 19.4. The van der Waals surface area contributed by atoms with Crippen molar-refractivity contribution < 1.29 is 24.4 Å². The minimum atomic E-state index is -1.39. The van der Waals surface area contributed by atoms with Gasteiger partial charge in [0, 0.05) is 17.3 Å². The number of carbonyl (C=O) groups is 2. The first-order valence-corrected chi connectivity index (χ1v) is 8.68. The molecule has 0 unspecified atom stereocenters. The quantitative estimate of drug-likeness (QED) is 0.332. The number of esters is 1. The minimum absolute atomic E-state index is 0.00810. The van der Waals surface area contributed by atoms with Crippen molar-refractivity contribution in [1.82, 2.24) is 0 Å². The number of hydrogen-bond donors (Lipinski definition) is 1. The number of fused-ring (bicyclic) bond motifs is 3. The van der Waals surface area contributed by atoms with E-state index in [0.717, 1.165) is 22.3 Å². The van der Waals surface area contributed by atoms with Gasteiger partial charge >= 0.3 is 11.9 Å². The lowest BCUT2D eigenvalue weighted by molar-refractivity contribution is -0.480. The van der Waals surface area contributed by atoms with Crippen LogP contribution in [0.2, 0.25) is 0 Å². The largest absolute Gasteiger partial charge is 0.481 e. The number of carboxylic acids is 1. The van der Waals surface area contributed by atoms with Crippen LogP contribution >= 0.6 is 0 Å². The van der Waals surface area contributed by atoms with E-state index in [1.165, 1.54) is 0 Å². The highest BCUT2D eigenvalue weighted by atomic mass is 16.6. The fourth-order valence-corrected chi connectivity index (χ4v) is 3.47. The Balaban J connectivity index is 1.71. The molecule has 0 spiro atoms. The van der Waals surface area contributed by atoms with Crippen LogP contribution in [0, 0.1) is 16.0 Å². The molecular weight excluding hydrogens is 350 g/mol. The molecule has 2 aromatic rings. The second kappa shape index (κ2) is 7.99. The van der Waals surface area contributed by atoms with Gasteiger partial charge in [0.05, 0.1) is 0 Å². The molecule has 7 nitrogen and oxygen atoms in total. The van der Waals surface area contributed by atoms with Crippen LogP contribution in [0.25, 0.3) is 11.1 Å². The second-order valence-electron chi connectivity index (χ2n) is 6.45. The molecule has 1 aliphatic rings. The van der Waals surface area contributed by atoms with Crippen LogP contribution in [-0.2, 0) is 14.3 Å². The first-order chi connectivity index (χ1) is 13.0. The van der Waals surface area contributed by atoms with Crippen LogP contribution in [0.5, 0.6) is 0 Å². The van der Waals surface area contributed by atoms with Crippen LogP contribution in [0.15, 0.2) is 48.5 Å². The zero-order valence-electron chi connectivity index (χ0n) is 14.5. The highest BCUT2D eigenvalue weighted by Gasteiger charge is 2.32. The molecule has 0 bridgehead atoms. The predicted octanol–water partition coefficient (Wildman–Crippen LogP) is 3.10. The van der Waals surface area contributed by atoms with Gasteiger partial charge in [0.2, 0.25) is 6.54 Å². The second-order valence-corrected chi connectivity index (χ2v) is 6.45. The lowest BCUT2D eigenvalue weighted by Gasteiger charge is -2.16. The molecule has 140 valence electrons. The summed E-state index contributed by atoms with van der Waals surface area (Å²) in [5, 5.41) is 19.6. The molecule has 7 heteroatoms. The Bertz CT molecular complexity index is 833. The van der Waals surface area contributed by atoms with Crippen molar-refractivity contribution in [2.45, 2.75) is 18.8 Å². The fraction of sp³-hybridized carbons (Fsp3) is 0.300. The van der Waals surface area contributed by atoms with Crippen LogP contribution in [0.3, 0.4) is 0 Å². The summed E-state index contributed by atoms with van der Waals surface area (Å²) in [5.74, 6) is -3.73. The van der Waals surface area contributed by atoms with Crippen molar-refractivity contribution in [2.24, 2.45) is 5.92 Å². The summed E-state index contributed by atoms with van der Waals surface area (Å²) in [7, 11) is 0. The molecule has 27 heavy (non-hydrogen) atoms. The summed E-state index contributed by atoms with van der Waals surface area (Å²) < 4.78 is 5.33. The molecule has 0 heterocycles. The maximum Gasteiger partial charge on any atom is 0.320 e. The Morgan fingerprint density at radius 3 is 2.15 bits per heavy atom. The summed E-state index contributed by atoms with van der Waals surface area (Å²) >= 11 is 0. The normalized spacial score (nSPS) is 13.5. The summed E-state index contributed by atoms with van der Waals surface area (Å²) in [6.45, 7) is -0.341. The van der Waals surface area contributed by atoms with Crippen molar-refractivity contribution in [3.8, 4) is 11.1 Å². The van der Waals surface area contributed by atoms with Gasteiger partial charge < -0.3 is 9.84 Å². The average molecular weight is 369 g/mol. The van der Waals surface area contributed by atoms with Gasteiger partial charge in [0.25, 0.3) is 0 Å². The van der Waals surface area contributed by atoms with Crippen LogP contribution in [-0.4, -0.2) is 35.1 Å². The molecule has 0 saturated carbocycles. The third-order valence-corrected chi connectivity index (χ3v) is 4.77. The maximum atomic E-state index is 12.3. The highest BCUT2D eigenvalue weighted by Crippen LogP contribution is 2.44. The van der Waals surface area contributed by atoms with Crippen molar-refractivity contribution in [2.75, 3.05) is 13.2 Å². The van der Waals surface area contributed by atoms with Gasteiger partial charge in [-0.15, -0.1) is 0 Å². The Morgan fingerprint density at radius 2 is 1.63 bits per heavy atom. The topological polar surface area (TPSA) is 107 Å². The zero-order valence-corrected chi connectivity index (χ0v) is 14.5.